The molecule has 0 radical (unpaired) electrons. The summed E-state index contributed by atoms with van der Waals surface area (Å²) in [5.74, 6) is 0.714. The molecule has 0 bridgehead atoms. The van der Waals surface area contributed by atoms with Gasteiger partial charge in [-0.2, -0.15) is 5.10 Å². The molecule has 0 fully saturated rings. The van der Waals surface area contributed by atoms with Crippen LogP contribution in [0.4, 0.5) is 4.39 Å². The van der Waals surface area contributed by atoms with Crippen molar-refractivity contribution in [2.24, 2.45) is 0 Å². The molecule has 2 aromatic rings. The summed E-state index contributed by atoms with van der Waals surface area (Å²) in [4.78, 5) is 4.26. The van der Waals surface area contributed by atoms with Gasteiger partial charge in [0.15, 0.2) is 0 Å². The zero-order valence-electron chi connectivity index (χ0n) is 10.6. The Morgan fingerprint density at radius 2 is 2.06 bits per heavy atom. The second-order valence-electron chi connectivity index (χ2n) is 4.09. The SMILES string of the molecule is CCn1ncnc1CC(NC)c1ccc(F)cc1. The van der Waals surface area contributed by atoms with Crippen molar-refractivity contribution in [1.29, 1.82) is 0 Å². The lowest BCUT2D eigenvalue weighted by Gasteiger charge is -2.16. The van der Waals surface area contributed by atoms with Gasteiger partial charge in [-0.15, -0.1) is 0 Å². The highest BCUT2D eigenvalue weighted by Crippen LogP contribution is 2.17. The largest absolute Gasteiger partial charge is 0.313 e. The quantitative estimate of drug-likeness (QED) is 0.879. The smallest absolute Gasteiger partial charge is 0.138 e. The highest BCUT2D eigenvalue weighted by Gasteiger charge is 2.13. The van der Waals surface area contributed by atoms with E-state index in [1.165, 1.54) is 12.1 Å². The summed E-state index contributed by atoms with van der Waals surface area (Å²) in [7, 11) is 1.89. The van der Waals surface area contributed by atoms with Crippen molar-refractivity contribution in [1.82, 2.24) is 20.1 Å². The predicted octanol–water partition coefficient (Wildman–Crippen LogP) is 1.94. The maximum atomic E-state index is 12.9. The van der Waals surface area contributed by atoms with Crippen LogP contribution in [0.25, 0.3) is 0 Å². The molecule has 18 heavy (non-hydrogen) atoms. The first-order valence-corrected chi connectivity index (χ1v) is 6.04. The molecule has 0 saturated carbocycles. The molecule has 0 aliphatic heterocycles. The van der Waals surface area contributed by atoms with Crippen molar-refractivity contribution in [3.05, 3.63) is 47.8 Å². The van der Waals surface area contributed by atoms with Gasteiger partial charge < -0.3 is 5.32 Å². The van der Waals surface area contributed by atoms with E-state index in [0.717, 1.165) is 24.4 Å². The monoisotopic (exact) mass is 248 g/mol. The topological polar surface area (TPSA) is 42.7 Å². The highest BCUT2D eigenvalue weighted by molar-refractivity contribution is 5.20. The molecule has 0 amide bonds. The lowest BCUT2D eigenvalue weighted by atomic mass is 10.0. The summed E-state index contributed by atoms with van der Waals surface area (Å²) in [6.45, 7) is 2.83. The Morgan fingerprint density at radius 3 is 2.67 bits per heavy atom. The van der Waals surface area contributed by atoms with Crippen LogP contribution in [-0.4, -0.2) is 21.8 Å². The summed E-state index contributed by atoms with van der Waals surface area (Å²) in [5, 5.41) is 7.37. The van der Waals surface area contributed by atoms with Crippen LogP contribution in [0.3, 0.4) is 0 Å². The number of benzene rings is 1. The number of likely N-dealkylation sites (N-methyl/N-ethyl adjacent to an activating group) is 1. The van der Waals surface area contributed by atoms with E-state index in [0.29, 0.717) is 0 Å². The molecule has 0 spiro atoms. The van der Waals surface area contributed by atoms with E-state index < -0.39 is 0 Å². The number of aryl methyl sites for hydroxylation is 1. The Balaban J connectivity index is 2.17. The van der Waals surface area contributed by atoms with E-state index in [-0.39, 0.29) is 11.9 Å². The molecule has 5 heteroatoms. The van der Waals surface area contributed by atoms with Crippen LogP contribution in [0.2, 0.25) is 0 Å². The van der Waals surface area contributed by atoms with E-state index in [4.69, 9.17) is 0 Å². The molecule has 0 aliphatic rings. The number of halogens is 1. The Morgan fingerprint density at radius 1 is 1.33 bits per heavy atom. The van der Waals surface area contributed by atoms with Crippen LogP contribution in [0.15, 0.2) is 30.6 Å². The lowest BCUT2D eigenvalue weighted by Crippen LogP contribution is -2.21. The van der Waals surface area contributed by atoms with Crippen LogP contribution >= 0.6 is 0 Å². The Labute approximate surface area is 106 Å². The number of nitrogens with one attached hydrogen (secondary N) is 1. The molecule has 1 aromatic carbocycles. The summed E-state index contributed by atoms with van der Waals surface area (Å²) in [5.41, 5.74) is 1.05. The van der Waals surface area contributed by atoms with Crippen LogP contribution in [0.5, 0.6) is 0 Å². The van der Waals surface area contributed by atoms with Crippen LogP contribution < -0.4 is 5.32 Å². The number of hydrogen-bond acceptors (Lipinski definition) is 3. The van der Waals surface area contributed by atoms with Gasteiger partial charge in [-0.05, 0) is 31.7 Å². The predicted molar refractivity (Wildman–Crippen MR) is 67.6 cm³/mol. The lowest BCUT2D eigenvalue weighted by molar-refractivity contribution is 0.532. The van der Waals surface area contributed by atoms with Gasteiger partial charge in [-0.25, -0.2) is 9.37 Å². The third-order valence-corrected chi connectivity index (χ3v) is 3.00. The molecule has 1 N–H and O–H groups in total. The molecule has 0 saturated heterocycles. The molecule has 2 rings (SSSR count). The molecular weight excluding hydrogens is 231 g/mol. The van der Waals surface area contributed by atoms with E-state index >= 15 is 0 Å². The first kappa shape index (κ1) is 12.7. The van der Waals surface area contributed by atoms with Gasteiger partial charge in [0.05, 0.1) is 0 Å². The van der Waals surface area contributed by atoms with Gasteiger partial charge in [-0.1, -0.05) is 12.1 Å². The normalized spacial score (nSPS) is 12.6. The maximum absolute atomic E-state index is 12.9. The van der Waals surface area contributed by atoms with E-state index in [1.54, 1.807) is 18.5 Å². The van der Waals surface area contributed by atoms with Crippen LogP contribution in [-0.2, 0) is 13.0 Å². The fourth-order valence-electron chi connectivity index (χ4n) is 1.97. The standard InChI is InChI=1S/C13H17FN4/c1-3-18-13(16-9-17-18)8-12(15-2)10-4-6-11(14)7-5-10/h4-7,9,12,15H,3,8H2,1-2H3. The van der Waals surface area contributed by atoms with Crippen molar-refractivity contribution in [2.75, 3.05) is 7.05 Å². The second-order valence-corrected chi connectivity index (χ2v) is 4.09. The Bertz CT molecular complexity index is 492. The molecule has 96 valence electrons. The minimum Gasteiger partial charge on any atom is -0.313 e. The van der Waals surface area contributed by atoms with E-state index in [2.05, 4.69) is 15.4 Å². The Hall–Kier alpha value is -1.75. The van der Waals surface area contributed by atoms with Gasteiger partial charge >= 0.3 is 0 Å². The first-order chi connectivity index (χ1) is 8.74. The first-order valence-electron chi connectivity index (χ1n) is 6.04. The fourth-order valence-corrected chi connectivity index (χ4v) is 1.97. The number of hydrogen-bond donors (Lipinski definition) is 1. The van der Waals surface area contributed by atoms with Crippen LogP contribution in [0, 0.1) is 5.82 Å². The van der Waals surface area contributed by atoms with Gasteiger partial charge in [0, 0.05) is 19.0 Å². The summed E-state index contributed by atoms with van der Waals surface area (Å²) >= 11 is 0. The second kappa shape index (κ2) is 5.73. The van der Waals surface area contributed by atoms with Gasteiger partial charge in [0.2, 0.25) is 0 Å². The zero-order valence-corrected chi connectivity index (χ0v) is 10.6. The molecule has 1 heterocycles. The number of aromatic nitrogens is 3. The summed E-state index contributed by atoms with van der Waals surface area (Å²) in [6, 6.07) is 6.65. The summed E-state index contributed by atoms with van der Waals surface area (Å²) in [6.07, 6.45) is 2.30. The summed E-state index contributed by atoms with van der Waals surface area (Å²) < 4.78 is 14.8. The Kier molecular flexibility index (Phi) is 4.04. The van der Waals surface area contributed by atoms with Gasteiger partial charge in [0.25, 0.3) is 0 Å². The van der Waals surface area contributed by atoms with E-state index in [1.807, 2.05) is 18.7 Å². The molecule has 4 nitrogen and oxygen atoms in total. The van der Waals surface area contributed by atoms with Crippen molar-refractivity contribution >= 4 is 0 Å². The van der Waals surface area contributed by atoms with E-state index in [9.17, 15) is 4.39 Å². The minimum atomic E-state index is -0.217. The van der Waals surface area contributed by atoms with Gasteiger partial charge in [-0.3, -0.25) is 4.68 Å². The number of rotatable bonds is 5. The third kappa shape index (κ3) is 2.73. The van der Waals surface area contributed by atoms with Crippen molar-refractivity contribution < 1.29 is 4.39 Å². The molecule has 1 unspecified atom stereocenters. The maximum Gasteiger partial charge on any atom is 0.138 e. The average molecular weight is 248 g/mol. The third-order valence-electron chi connectivity index (χ3n) is 3.00. The molecule has 0 aliphatic carbocycles. The fraction of sp³-hybridized carbons (Fsp3) is 0.385. The minimum absolute atomic E-state index is 0.111. The van der Waals surface area contributed by atoms with Crippen LogP contribution in [0.1, 0.15) is 24.4 Å². The zero-order chi connectivity index (χ0) is 13.0. The number of nitrogens with zero attached hydrogens (tertiary/aromatic N) is 3. The highest BCUT2D eigenvalue weighted by atomic mass is 19.1. The molecule has 1 atom stereocenters. The molecular formula is C13H17FN4. The average Bonchev–Trinajstić information content (AvgIpc) is 2.84. The van der Waals surface area contributed by atoms with Crippen molar-refractivity contribution in [3.63, 3.8) is 0 Å². The van der Waals surface area contributed by atoms with Crippen molar-refractivity contribution in [3.8, 4) is 0 Å². The molecule has 1 aromatic heterocycles. The van der Waals surface area contributed by atoms with Crippen molar-refractivity contribution in [2.45, 2.75) is 25.9 Å². The van der Waals surface area contributed by atoms with Gasteiger partial charge in [0.1, 0.15) is 18.0 Å².